The summed E-state index contributed by atoms with van der Waals surface area (Å²) < 4.78 is 44.9. The average molecular weight is 458 g/mol. The molecule has 2 aromatic carbocycles. The predicted octanol–water partition coefficient (Wildman–Crippen LogP) is 5.82. The number of amides is 1. The highest BCUT2D eigenvalue weighted by atomic mass is 19.4. The number of aliphatic imine (C=N–C) groups is 1. The molecule has 0 spiro atoms. The van der Waals surface area contributed by atoms with Crippen molar-refractivity contribution < 1.29 is 27.8 Å². The first-order valence-electron chi connectivity index (χ1n) is 10.5. The van der Waals surface area contributed by atoms with Crippen LogP contribution in [0, 0.1) is 0 Å². The van der Waals surface area contributed by atoms with Gasteiger partial charge in [0.1, 0.15) is 18.1 Å². The highest BCUT2D eigenvalue weighted by molar-refractivity contribution is 6.55. The highest BCUT2D eigenvalue weighted by Gasteiger charge is 2.37. The molecule has 33 heavy (non-hydrogen) atoms. The zero-order valence-electron chi connectivity index (χ0n) is 18.6. The first kappa shape index (κ1) is 24.3. The molecule has 2 aromatic rings. The number of rotatable bonds is 6. The van der Waals surface area contributed by atoms with Crippen LogP contribution in [0.3, 0.4) is 0 Å². The fourth-order valence-electron chi connectivity index (χ4n) is 3.41. The lowest BCUT2D eigenvalue weighted by molar-refractivity contribution is -0.137. The standard InChI is InChI=1S/C25H25F3N2O3/c1-4-19(31)15-33-20-12-8-11-18(14-20)30-22(6-3)21(5-2)23(24(30)32)29-17-10-7-9-16(13-17)25(26,27)28/h5-14,19,31H,4,15H2,1-3H3/b21-5+,22-6+,29-23?/t19-/m1/s1. The number of benzene rings is 2. The summed E-state index contributed by atoms with van der Waals surface area (Å²) in [4.78, 5) is 19.1. The summed E-state index contributed by atoms with van der Waals surface area (Å²) in [5.74, 6) is 0.0212. The summed E-state index contributed by atoms with van der Waals surface area (Å²) in [5.41, 5.74) is 0.865. The molecular weight excluding hydrogens is 433 g/mol. The smallest absolute Gasteiger partial charge is 0.416 e. The van der Waals surface area contributed by atoms with Crippen molar-refractivity contribution in [3.8, 4) is 5.75 Å². The van der Waals surface area contributed by atoms with E-state index in [4.69, 9.17) is 4.74 Å². The van der Waals surface area contributed by atoms with E-state index in [-0.39, 0.29) is 18.0 Å². The topological polar surface area (TPSA) is 62.1 Å². The third-order valence-electron chi connectivity index (χ3n) is 5.14. The Kier molecular flexibility index (Phi) is 7.38. The van der Waals surface area contributed by atoms with Crippen molar-refractivity contribution in [1.82, 2.24) is 0 Å². The van der Waals surface area contributed by atoms with Crippen molar-refractivity contribution in [2.24, 2.45) is 4.99 Å². The van der Waals surface area contributed by atoms with Gasteiger partial charge in [0.15, 0.2) is 0 Å². The maximum Gasteiger partial charge on any atom is 0.416 e. The van der Waals surface area contributed by atoms with E-state index in [1.165, 1.54) is 17.0 Å². The molecule has 3 rings (SSSR count). The van der Waals surface area contributed by atoms with E-state index in [2.05, 4.69) is 4.99 Å². The number of carbonyl (C=O) groups excluding carboxylic acids is 1. The Morgan fingerprint density at radius 3 is 2.48 bits per heavy atom. The van der Waals surface area contributed by atoms with Gasteiger partial charge in [-0.2, -0.15) is 13.2 Å². The van der Waals surface area contributed by atoms with Crippen molar-refractivity contribution in [2.75, 3.05) is 11.5 Å². The molecular formula is C25H25F3N2O3. The molecule has 1 heterocycles. The molecule has 1 amide bonds. The molecule has 174 valence electrons. The van der Waals surface area contributed by atoms with Gasteiger partial charge in [-0.15, -0.1) is 0 Å². The van der Waals surface area contributed by atoms with Crippen molar-refractivity contribution >= 4 is 23.0 Å². The molecule has 5 nitrogen and oxygen atoms in total. The lowest BCUT2D eigenvalue weighted by Gasteiger charge is -2.19. The van der Waals surface area contributed by atoms with E-state index in [0.717, 1.165) is 12.1 Å². The molecule has 1 aliphatic heterocycles. The van der Waals surface area contributed by atoms with E-state index >= 15 is 0 Å². The first-order valence-corrected chi connectivity index (χ1v) is 10.5. The Hall–Kier alpha value is -3.39. The second-order valence-electron chi connectivity index (χ2n) is 7.40. The fraction of sp³-hybridized carbons (Fsp3) is 0.280. The van der Waals surface area contributed by atoms with Crippen LogP contribution in [0.5, 0.6) is 5.75 Å². The Bertz CT molecular complexity index is 1120. The number of carbonyl (C=O) groups is 1. The summed E-state index contributed by atoms with van der Waals surface area (Å²) in [7, 11) is 0. The van der Waals surface area contributed by atoms with Crippen molar-refractivity contribution in [1.29, 1.82) is 0 Å². The average Bonchev–Trinajstić information content (AvgIpc) is 3.07. The van der Waals surface area contributed by atoms with Gasteiger partial charge >= 0.3 is 6.18 Å². The third-order valence-corrected chi connectivity index (χ3v) is 5.14. The number of allylic oxidation sites excluding steroid dienone is 3. The van der Waals surface area contributed by atoms with Crippen LogP contribution in [0.1, 0.15) is 32.8 Å². The van der Waals surface area contributed by atoms with E-state index in [1.54, 1.807) is 50.3 Å². The molecule has 0 unspecified atom stereocenters. The number of anilines is 1. The van der Waals surface area contributed by atoms with Crippen LogP contribution >= 0.6 is 0 Å². The molecule has 1 saturated heterocycles. The van der Waals surface area contributed by atoms with Gasteiger partial charge in [0.2, 0.25) is 0 Å². The van der Waals surface area contributed by atoms with Gasteiger partial charge < -0.3 is 9.84 Å². The number of nitrogens with zero attached hydrogens (tertiary/aromatic N) is 2. The maximum absolute atomic E-state index is 13.4. The molecule has 0 radical (unpaired) electrons. The van der Waals surface area contributed by atoms with Gasteiger partial charge in [0, 0.05) is 11.6 Å². The predicted molar refractivity (Wildman–Crippen MR) is 122 cm³/mol. The minimum absolute atomic E-state index is 0.0375. The van der Waals surface area contributed by atoms with Gasteiger partial charge in [-0.1, -0.05) is 31.2 Å². The minimum Gasteiger partial charge on any atom is -0.491 e. The van der Waals surface area contributed by atoms with Crippen LogP contribution in [0.25, 0.3) is 0 Å². The maximum atomic E-state index is 13.4. The molecule has 1 atom stereocenters. The quantitative estimate of drug-likeness (QED) is 0.593. The summed E-state index contributed by atoms with van der Waals surface area (Å²) in [6, 6.07) is 11.4. The second-order valence-corrected chi connectivity index (χ2v) is 7.40. The largest absolute Gasteiger partial charge is 0.491 e. The van der Waals surface area contributed by atoms with Gasteiger partial charge in [0.05, 0.1) is 28.7 Å². The lowest BCUT2D eigenvalue weighted by atomic mass is 10.1. The SMILES string of the molecule is C/C=C1/C(=Nc2cccc(C(F)(F)F)c2)C(=O)N(c2cccc(OC[C@H](O)CC)c2)/C1=C/C. The van der Waals surface area contributed by atoms with Crippen LogP contribution in [0.15, 0.2) is 76.9 Å². The summed E-state index contributed by atoms with van der Waals surface area (Å²) >= 11 is 0. The number of ether oxygens (including phenoxy) is 1. The lowest BCUT2D eigenvalue weighted by Crippen LogP contribution is -2.26. The van der Waals surface area contributed by atoms with Crippen molar-refractivity contribution in [3.05, 3.63) is 77.5 Å². The number of aliphatic hydroxyl groups is 1. The first-order chi connectivity index (χ1) is 15.7. The Labute approximate surface area is 190 Å². The monoisotopic (exact) mass is 458 g/mol. The van der Waals surface area contributed by atoms with E-state index in [1.807, 2.05) is 6.92 Å². The number of hydrogen-bond donors (Lipinski definition) is 1. The zero-order valence-corrected chi connectivity index (χ0v) is 18.6. The number of alkyl halides is 3. The van der Waals surface area contributed by atoms with Crippen molar-refractivity contribution in [3.63, 3.8) is 0 Å². The molecule has 0 aliphatic carbocycles. The number of halogens is 3. The van der Waals surface area contributed by atoms with Crippen molar-refractivity contribution in [2.45, 2.75) is 39.5 Å². The van der Waals surface area contributed by atoms with Gasteiger partial charge in [-0.05, 0) is 50.6 Å². The number of aliphatic hydroxyl groups excluding tert-OH is 1. The minimum atomic E-state index is -4.51. The number of hydrogen-bond acceptors (Lipinski definition) is 4. The zero-order chi connectivity index (χ0) is 24.2. The molecule has 1 fully saturated rings. The van der Waals surface area contributed by atoms with E-state index in [0.29, 0.717) is 29.1 Å². The van der Waals surface area contributed by atoms with Gasteiger partial charge in [0.25, 0.3) is 5.91 Å². The van der Waals surface area contributed by atoms with Gasteiger partial charge in [-0.25, -0.2) is 4.99 Å². The molecule has 1 aliphatic rings. The van der Waals surface area contributed by atoms with Crippen LogP contribution in [0.2, 0.25) is 0 Å². The second kappa shape index (κ2) is 10.0. The third kappa shape index (κ3) is 5.34. The highest BCUT2D eigenvalue weighted by Crippen LogP contribution is 2.36. The van der Waals surface area contributed by atoms with Crippen LogP contribution in [-0.2, 0) is 11.0 Å². The van der Waals surface area contributed by atoms with Crippen LogP contribution < -0.4 is 9.64 Å². The Morgan fingerprint density at radius 1 is 1.12 bits per heavy atom. The van der Waals surface area contributed by atoms with Gasteiger partial charge in [-0.3, -0.25) is 9.69 Å². The summed E-state index contributed by atoms with van der Waals surface area (Å²) in [6.45, 7) is 5.47. The summed E-state index contributed by atoms with van der Waals surface area (Å²) in [5, 5.41) is 9.74. The molecule has 0 saturated carbocycles. The van der Waals surface area contributed by atoms with Crippen LogP contribution in [-0.4, -0.2) is 29.4 Å². The molecule has 8 heteroatoms. The van der Waals surface area contributed by atoms with E-state index < -0.39 is 23.8 Å². The Balaban J connectivity index is 2.00. The van der Waals surface area contributed by atoms with E-state index in [9.17, 15) is 23.1 Å². The molecule has 0 bridgehead atoms. The molecule has 1 N–H and O–H groups in total. The normalized spacial score (nSPS) is 19.1. The molecule has 0 aromatic heterocycles. The summed E-state index contributed by atoms with van der Waals surface area (Å²) in [6.07, 6.45) is -1.11. The fourth-order valence-corrected chi connectivity index (χ4v) is 3.41. The Morgan fingerprint density at radius 2 is 1.85 bits per heavy atom. The van der Waals surface area contributed by atoms with Crippen LogP contribution in [0.4, 0.5) is 24.5 Å².